The summed E-state index contributed by atoms with van der Waals surface area (Å²) in [7, 11) is 0. The predicted octanol–water partition coefficient (Wildman–Crippen LogP) is 3.12. The number of nitrogens with zero attached hydrogens (tertiary/aromatic N) is 6. The van der Waals surface area contributed by atoms with Gasteiger partial charge in [0.25, 0.3) is 0 Å². The van der Waals surface area contributed by atoms with Crippen molar-refractivity contribution in [3.8, 4) is 17.1 Å². The number of H-pyrrole nitrogens is 1. The zero-order valence-electron chi connectivity index (χ0n) is 20.0. The van der Waals surface area contributed by atoms with Crippen LogP contribution in [0, 0.1) is 20.8 Å². The Hall–Kier alpha value is -4.55. The molecule has 5 rings (SSSR count). The molecule has 0 aliphatic rings. The standard InChI is InChI=1S/C24H21F3N8O2/c1-12-5-4-6-18-21(12)35(23(37)34(18)10-19(36)30-11-24(25,26)27)22-14(3)31-16(9-29-22)15-7-28-8-17-20(15)13(2)32-33-17/h4-9H,10-11H2,1-3H3,(H,30,36)(H,32,33). The first-order chi connectivity index (χ1) is 17.5. The summed E-state index contributed by atoms with van der Waals surface area (Å²) in [5.41, 5.74) is 4.18. The summed E-state index contributed by atoms with van der Waals surface area (Å²) in [6.07, 6.45) is 0.262. The number of alkyl halides is 3. The number of para-hydroxylation sites is 1. The van der Waals surface area contributed by atoms with Crippen molar-refractivity contribution in [2.24, 2.45) is 0 Å². The molecule has 10 nitrogen and oxygen atoms in total. The molecule has 5 aromatic rings. The van der Waals surface area contributed by atoms with Crippen molar-refractivity contribution < 1.29 is 18.0 Å². The molecule has 4 aromatic heterocycles. The zero-order chi connectivity index (χ0) is 26.5. The maximum Gasteiger partial charge on any atom is 0.405 e. The van der Waals surface area contributed by atoms with Gasteiger partial charge in [-0.25, -0.2) is 19.3 Å². The molecule has 0 aliphatic heterocycles. The Morgan fingerprint density at radius 1 is 1.14 bits per heavy atom. The Balaban J connectivity index is 1.61. The van der Waals surface area contributed by atoms with Crippen molar-refractivity contribution in [3.63, 3.8) is 0 Å². The van der Waals surface area contributed by atoms with E-state index < -0.39 is 30.9 Å². The molecule has 4 heterocycles. The number of rotatable bonds is 5. The Kier molecular flexibility index (Phi) is 5.77. The Morgan fingerprint density at radius 3 is 2.65 bits per heavy atom. The molecule has 13 heteroatoms. The fourth-order valence-electron chi connectivity index (χ4n) is 4.37. The highest BCUT2D eigenvalue weighted by Crippen LogP contribution is 2.29. The Morgan fingerprint density at radius 2 is 1.92 bits per heavy atom. The summed E-state index contributed by atoms with van der Waals surface area (Å²) in [6, 6.07) is 5.12. The number of nitrogens with one attached hydrogen (secondary N) is 2. The molecule has 0 saturated carbocycles. The van der Waals surface area contributed by atoms with Gasteiger partial charge in [-0.3, -0.25) is 19.4 Å². The fraction of sp³-hybridized carbons (Fsp3) is 0.250. The lowest BCUT2D eigenvalue weighted by molar-refractivity contribution is -0.138. The topological polar surface area (TPSA) is 123 Å². The molecule has 1 aromatic carbocycles. The first kappa shape index (κ1) is 24.2. The van der Waals surface area contributed by atoms with Crippen molar-refractivity contribution in [1.29, 1.82) is 0 Å². The number of imidazole rings is 1. The summed E-state index contributed by atoms with van der Waals surface area (Å²) in [5, 5.41) is 9.81. The molecule has 37 heavy (non-hydrogen) atoms. The molecular weight excluding hydrogens is 489 g/mol. The first-order valence-electron chi connectivity index (χ1n) is 11.2. The van der Waals surface area contributed by atoms with Crippen molar-refractivity contribution in [3.05, 3.63) is 64.2 Å². The van der Waals surface area contributed by atoms with E-state index in [4.69, 9.17) is 0 Å². The third-order valence-corrected chi connectivity index (χ3v) is 5.99. The molecular formula is C24H21F3N8O2. The van der Waals surface area contributed by atoms with E-state index in [0.717, 1.165) is 26.8 Å². The van der Waals surface area contributed by atoms with Crippen LogP contribution in [0.15, 0.2) is 41.6 Å². The highest BCUT2D eigenvalue weighted by atomic mass is 19.4. The number of amides is 1. The minimum absolute atomic E-state index is 0.242. The van der Waals surface area contributed by atoms with E-state index in [1.807, 2.05) is 6.92 Å². The molecule has 0 aliphatic carbocycles. The summed E-state index contributed by atoms with van der Waals surface area (Å²) < 4.78 is 40.1. The van der Waals surface area contributed by atoms with E-state index in [-0.39, 0.29) is 5.82 Å². The van der Waals surface area contributed by atoms with Gasteiger partial charge in [-0.1, -0.05) is 12.1 Å². The van der Waals surface area contributed by atoms with Gasteiger partial charge < -0.3 is 5.32 Å². The molecule has 0 spiro atoms. The number of pyridine rings is 1. The third-order valence-electron chi connectivity index (χ3n) is 5.99. The number of carbonyl (C=O) groups is 1. The van der Waals surface area contributed by atoms with E-state index in [2.05, 4.69) is 25.1 Å². The van der Waals surface area contributed by atoms with Crippen molar-refractivity contribution in [1.82, 2.24) is 39.6 Å². The molecule has 0 bridgehead atoms. The van der Waals surface area contributed by atoms with Crippen LogP contribution >= 0.6 is 0 Å². The van der Waals surface area contributed by atoms with Gasteiger partial charge in [0.15, 0.2) is 5.82 Å². The first-order valence-corrected chi connectivity index (χ1v) is 11.2. The van der Waals surface area contributed by atoms with Crippen LogP contribution in [-0.4, -0.2) is 52.9 Å². The van der Waals surface area contributed by atoms with E-state index in [1.165, 1.54) is 10.8 Å². The van der Waals surface area contributed by atoms with E-state index >= 15 is 0 Å². The van der Waals surface area contributed by atoms with Crippen LogP contribution < -0.4 is 11.0 Å². The molecule has 0 atom stereocenters. The van der Waals surface area contributed by atoms with Gasteiger partial charge in [0.1, 0.15) is 18.6 Å². The van der Waals surface area contributed by atoms with Crippen molar-refractivity contribution >= 4 is 27.8 Å². The monoisotopic (exact) mass is 510 g/mol. The van der Waals surface area contributed by atoms with Crippen molar-refractivity contribution in [2.45, 2.75) is 33.5 Å². The van der Waals surface area contributed by atoms with E-state index in [9.17, 15) is 22.8 Å². The van der Waals surface area contributed by atoms with E-state index in [0.29, 0.717) is 27.9 Å². The maximum absolute atomic E-state index is 13.5. The van der Waals surface area contributed by atoms with Crippen LogP contribution in [0.1, 0.15) is 17.0 Å². The molecule has 0 fully saturated rings. The van der Waals surface area contributed by atoms with E-state index in [1.54, 1.807) is 49.8 Å². The van der Waals surface area contributed by atoms with Gasteiger partial charge in [-0.15, -0.1) is 0 Å². The average molecular weight is 510 g/mol. The number of halogens is 3. The molecule has 2 N–H and O–H groups in total. The molecule has 190 valence electrons. The van der Waals surface area contributed by atoms with Gasteiger partial charge in [-0.2, -0.15) is 18.3 Å². The quantitative estimate of drug-likeness (QED) is 0.375. The highest BCUT2D eigenvalue weighted by molar-refractivity contribution is 5.94. The lowest BCUT2D eigenvalue weighted by atomic mass is 10.1. The van der Waals surface area contributed by atoms with Crippen LogP contribution in [0.25, 0.3) is 39.0 Å². The molecule has 1 amide bonds. The average Bonchev–Trinajstić information content (AvgIpc) is 3.36. The molecule has 0 unspecified atom stereocenters. The van der Waals surface area contributed by atoms with Gasteiger partial charge in [0.05, 0.1) is 34.8 Å². The lowest BCUT2D eigenvalue weighted by Crippen LogP contribution is -2.38. The van der Waals surface area contributed by atoms with Crippen LogP contribution in [0.3, 0.4) is 0 Å². The van der Waals surface area contributed by atoms with Crippen LogP contribution in [0.4, 0.5) is 13.2 Å². The second-order valence-corrected chi connectivity index (χ2v) is 8.63. The summed E-state index contributed by atoms with van der Waals surface area (Å²) in [4.78, 5) is 39.2. The molecule has 0 saturated heterocycles. The SMILES string of the molecule is Cc1nc(-c2cncc3n[nH]c(C)c23)cnc1-n1c(=O)n(CC(=O)NCC(F)(F)F)c2cccc(C)c21. The van der Waals surface area contributed by atoms with Crippen LogP contribution in [-0.2, 0) is 11.3 Å². The number of hydrogen-bond donors (Lipinski definition) is 2. The van der Waals surface area contributed by atoms with Crippen LogP contribution in [0.5, 0.6) is 0 Å². The maximum atomic E-state index is 13.5. The van der Waals surface area contributed by atoms with Crippen LogP contribution in [0.2, 0.25) is 0 Å². The Labute approximate surface area is 207 Å². The largest absolute Gasteiger partial charge is 0.405 e. The number of hydrogen-bond acceptors (Lipinski definition) is 6. The number of carbonyl (C=O) groups excluding carboxylic acids is 1. The number of fused-ring (bicyclic) bond motifs is 2. The van der Waals surface area contributed by atoms with Crippen molar-refractivity contribution in [2.75, 3.05) is 6.54 Å². The number of aromatic nitrogens is 7. The predicted molar refractivity (Wildman–Crippen MR) is 129 cm³/mol. The fourth-order valence-corrected chi connectivity index (χ4v) is 4.37. The Bertz CT molecular complexity index is 1730. The minimum atomic E-state index is -4.56. The number of aryl methyl sites for hydroxylation is 3. The molecule has 0 radical (unpaired) electrons. The second-order valence-electron chi connectivity index (χ2n) is 8.63. The lowest BCUT2D eigenvalue weighted by Gasteiger charge is -2.10. The number of aromatic amines is 1. The number of benzene rings is 1. The normalized spacial score (nSPS) is 11.9. The van der Waals surface area contributed by atoms with Gasteiger partial charge in [0, 0.05) is 22.8 Å². The highest BCUT2D eigenvalue weighted by Gasteiger charge is 2.28. The minimum Gasteiger partial charge on any atom is -0.345 e. The summed E-state index contributed by atoms with van der Waals surface area (Å²) in [5.74, 6) is -0.694. The zero-order valence-corrected chi connectivity index (χ0v) is 20.0. The summed E-state index contributed by atoms with van der Waals surface area (Å²) >= 11 is 0. The third kappa shape index (κ3) is 4.32. The smallest absolute Gasteiger partial charge is 0.345 e. The van der Waals surface area contributed by atoms with Gasteiger partial charge in [-0.05, 0) is 32.4 Å². The van der Waals surface area contributed by atoms with Gasteiger partial charge in [0.2, 0.25) is 5.91 Å². The van der Waals surface area contributed by atoms with Gasteiger partial charge >= 0.3 is 11.9 Å². The summed E-state index contributed by atoms with van der Waals surface area (Å²) in [6.45, 7) is 3.31. The second kappa shape index (κ2) is 8.84.